The molecule has 1 saturated heterocycles. The SMILES string of the molecule is Nc1ncc(Cl)n2c([C@H]3CN(C(=O)C4(O)CC4)CCO3)nc(-c3ccc(C(=O)Nc4cc(C(F)(F)F)ccn4)cc3)c12. The predicted molar refractivity (Wildman–Crippen MR) is 144 cm³/mol. The Labute approximate surface area is 241 Å². The summed E-state index contributed by atoms with van der Waals surface area (Å²) in [5.41, 5.74) is 5.45. The molecule has 0 spiro atoms. The van der Waals surface area contributed by atoms with Crippen LogP contribution in [0.3, 0.4) is 0 Å². The summed E-state index contributed by atoms with van der Waals surface area (Å²) in [5, 5.41) is 12.9. The van der Waals surface area contributed by atoms with E-state index in [-0.39, 0.29) is 41.4 Å². The van der Waals surface area contributed by atoms with Crippen LogP contribution in [0.2, 0.25) is 5.15 Å². The molecule has 0 radical (unpaired) electrons. The molecule has 1 aliphatic heterocycles. The van der Waals surface area contributed by atoms with E-state index in [4.69, 9.17) is 27.1 Å². The molecular weight excluding hydrogens is 579 g/mol. The summed E-state index contributed by atoms with van der Waals surface area (Å²) in [4.78, 5) is 39.8. The van der Waals surface area contributed by atoms with Gasteiger partial charge in [0.2, 0.25) is 0 Å². The number of anilines is 2. The molecule has 3 aromatic heterocycles. The number of pyridine rings is 1. The molecule has 11 nitrogen and oxygen atoms in total. The van der Waals surface area contributed by atoms with E-state index in [2.05, 4.69) is 15.3 Å². The lowest BCUT2D eigenvalue weighted by atomic mass is 10.1. The van der Waals surface area contributed by atoms with Crippen molar-refractivity contribution in [1.29, 1.82) is 0 Å². The third kappa shape index (κ3) is 5.12. The van der Waals surface area contributed by atoms with Crippen molar-refractivity contribution >= 4 is 40.6 Å². The first-order chi connectivity index (χ1) is 19.9. The zero-order valence-electron chi connectivity index (χ0n) is 21.7. The monoisotopic (exact) mass is 601 g/mol. The molecule has 4 aromatic rings. The number of aromatic nitrogens is 4. The third-order valence-corrected chi connectivity index (χ3v) is 7.45. The summed E-state index contributed by atoms with van der Waals surface area (Å²) in [6, 6.07) is 7.71. The van der Waals surface area contributed by atoms with Crippen LogP contribution in [-0.2, 0) is 15.7 Å². The Morgan fingerprint density at radius 3 is 2.60 bits per heavy atom. The Hall–Kier alpha value is -4.27. The molecule has 1 atom stereocenters. The second-order valence-corrected chi connectivity index (χ2v) is 10.5. The van der Waals surface area contributed by atoms with Gasteiger partial charge in [-0.05, 0) is 37.1 Å². The summed E-state index contributed by atoms with van der Waals surface area (Å²) in [6.07, 6.45) is -2.09. The van der Waals surface area contributed by atoms with Crippen molar-refractivity contribution in [2.45, 2.75) is 30.7 Å². The van der Waals surface area contributed by atoms with Crippen LogP contribution < -0.4 is 11.1 Å². The van der Waals surface area contributed by atoms with E-state index in [1.165, 1.54) is 18.3 Å². The topological polar surface area (TPSA) is 148 Å². The van der Waals surface area contributed by atoms with Crippen molar-refractivity contribution in [2.75, 3.05) is 30.7 Å². The minimum atomic E-state index is -4.58. The molecule has 1 aromatic carbocycles. The Balaban J connectivity index is 1.29. The largest absolute Gasteiger partial charge is 0.416 e. The first-order valence-corrected chi connectivity index (χ1v) is 13.2. The number of nitrogen functional groups attached to an aromatic ring is 1. The van der Waals surface area contributed by atoms with E-state index in [9.17, 15) is 27.9 Å². The zero-order valence-corrected chi connectivity index (χ0v) is 22.5. The van der Waals surface area contributed by atoms with Crippen LogP contribution in [0.15, 0.2) is 48.8 Å². The maximum Gasteiger partial charge on any atom is 0.416 e. The van der Waals surface area contributed by atoms with Crippen molar-refractivity contribution in [3.05, 3.63) is 70.9 Å². The van der Waals surface area contributed by atoms with Crippen molar-refractivity contribution in [3.63, 3.8) is 0 Å². The van der Waals surface area contributed by atoms with Crippen LogP contribution in [0.5, 0.6) is 0 Å². The number of morpholine rings is 1. The van der Waals surface area contributed by atoms with Gasteiger partial charge in [0.05, 0.1) is 24.9 Å². The number of rotatable bonds is 5. The van der Waals surface area contributed by atoms with E-state index in [0.29, 0.717) is 42.0 Å². The van der Waals surface area contributed by atoms with Gasteiger partial charge in [-0.2, -0.15) is 13.2 Å². The second-order valence-electron chi connectivity index (χ2n) is 10.1. The van der Waals surface area contributed by atoms with Gasteiger partial charge in [-0.25, -0.2) is 15.0 Å². The van der Waals surface area contributed by atoms with Gasteiger partial charge in [-0.15, -0.1) is 0 Å². The van der Waals surface area contributed by atoms with Gasteiger partial charge in [0.25, 0.3) is 11.8 Å². The molecule has 4 N–H and O–H groups in total. The van der Waals surface area contributed by atoms with E-state index in [1.54, 1.807) is 21.4 Å². The highest BCUT2D eigenvalue weighted by molar-refractivity contribution is 6.30. The molecule has 2 fully saturated rings. The first-order valence-electron chi connectivity index (χ1n) is 12.9. The summed E-state index contributed by atoms with van der Waals surface area (Å²) < 4.78 is 46.6. The smallest absolute Gasteiger partial charge is 0.382 e. The fourth-order valence-corrected chi connectivity index (χ4v) is 5.03. The molecule has 4 heterocycles. The average molecular weight is 602 g/mol. The van der Waals surface area contributed by atoms with Crippen molar-refractivity contribution in [1.82, 2.24) is 24.3 Å². The second kappa shape index (κ2) is 10.2. The summed E-state index contributed by atoms with van der Waals surface area (Å²) in [5.74, 6) is -0.756. The van der Waals surface area contributed by atoms with Gasteiger partial charge in [-0.3, -0.25) is 14.0 Å². The molecular formula is C27H23ClF3N7O4. The fraction of sp³-hybridized carbons (Fsp3) is 0.296. The molecule has 15 heteroatoms. The lowest BCUT2D eigenvalue weighted by Crippen LogP contribution is -2.47. The quantitative estimate of drug-likeness (QED) is 0.313. The molecule has 6 rings (SSSR count). The molecule has 2 amide bonds. The molecule has 2 aliphatic rings. The molecule has 218 valence electrons. The number of ether oxygens (including phenoxy) is 1. The van der Waals surface area contributed by atoms with Crippen LogP contribution in [0.4, 0.5) is 24.8 Å². The van der Waals surface area contributed by atoms with E-state index < -0.39 is 29.4 Å². The van der Waals surface area contributed by atoms with Crippen LogP contribution in [-0.4, -0.2) is 66.5 Å². The zero-order chi connectivity index (χ0) is 29.8. The van der Waals surface area contributed by atoms with Gasteiger partial charge in [-0.1, -0.05) is 23.7 Å². The van der Waals surface area contributed by atoms with Crippen molar-refractivity contribution in [3.8, 4) is 11.3 Å². The normalized spacial score (nSPS) is 18.2. The van der Waals surface area contributed by atoms with Crippen molar-refractivity contribution in [2.24, 2.45) is 0 Å². The molecule has 0 bridgehead atoms. The minimum Gasteiger partial charge on any atom is -0.382 e. The Morgan fingerprint density at radius 1 is 1.17 bits per heavy atom. The van der Waals surface area contributed by atoms with Gasteiger partial charge >= 0.3 is 6.18 Å². The van der Waals surface area contributed by atoms with Gasteiger partial charge < -0.3 is 25.8 Å². The Kier molecular flexibility index (Phi) is 6.78. The number of carbonyl (C=O) groups is 2. The highest BCUT2D eigenvalue weighted by atomic mass is 35.5. The van der Waals surface area contributed by atoms with E-state index >= 15 is 0 Å². The molecule has 1 saturated carbocycles. The number of nitrogens with two attached hydrogens (primary N) is 1. The van der Waals surface area contributed by atoms with Gasteiger partial charge in [0.15, 0.2) is 0 Å². The fourth-order valence-electron chi connectivity index (χ4n) is 4.81. The standard InChI is InChI=1S/C27H23ClF3N7O4/c28-18-12-34-22(32)21-20(36-23(38(18)21)17-13-37(9-10-42-17)25(40)26(41)6-7-26)14-1-3-15(4-2-14)24(39)35-19-11-16(5-8-33-19)27(29,30)31/h1-5,8,11-12,17,41H,6-7,9-10,13H2,(H2,32,34)(H,33,35,39)/t17-/m1/s1. The number of fused-ring (bicyclic) bond motifs is 1. The number of benzene rings is 1. The summed E-state index contributed by atoms with van der Waals surface area (Å²) in [7, 11) is 0. The number of alkyl halides is 3. The van der Waals surface area contributed by atoms with Gasteiger partial charge in [0, 0.05) is 23.9 Å². The molecule has 1 aliphatic carbocycles. The minimum absolute atomic E-state index is 0.127. The number of hydrogen-bond donors (Lipinski definition) is 3. The Bertz CT molecular complexity index is 1710. The number of aliphatic hydroxyl groups is 1. The van der Waals surface area contributed by atoms with Crippen LogP contribution in [0.25, 0.3) is 16.8 Å². The lowest BCUT2D eigenvalue weighted by molar-refractivity contribution is -0.150. The number of nitrogens with one attached hydrogen (secondary N) is 1. The predicted octanol–water partition coefficient (Wildman–Crippen LogP) is 3.72. The molecule has 0 unspecified atom stereocenters. The van der Waals surface area contributed by atoms with Crippen LogP contribution >= 0.6 is 11.6 Å². The number of halogens is 4. The average Bonchev–Trinajstić information content (AvgIpc) is 3.59. The van der Waals surface area contributed by atoms with E-state index in [0.717, 1.165) is 18.3 Å². The molecule has 42 heavy (non-hydrogen) atoms. The third-order valence-electron chi connectivity index (χ3n) is 7.18. The highest BCUT2D eigenvalue weighted by Gasteiger charge is 2.51. The summed E-state index contributed by atoms with van der Waals surface area (Å²) in [6.45, 7) is 0.686. The number of hydrogen-bond acceptors (Lipinski definition) is 8. The van der Waals surface area contributed by atoms with E-state index in [1.807, 2.05) is 0 Å². The Morgan fingerprint density at radius 2 is 1.90 bits per heavy atom. The number of imidazole rings is 1. The van der Waals surface area contributed by atoms with Gasteiger partial charge in [0.1, 0.15) is 45.5 Å². The maximum atomic E-state index is 13.0. The number of nitrogens with zero attached hydrogens (tertiary/aromatic N) is 5. The van der Waals surface area contributed by atoms with Crippen molar-refractivity contribution < 1.29 is 32.6 Å². The maximum absolute atomic E-state index is 13.0. The number of amides is 2. The van der Waals surface area contributed by atoms with Crippen LogP contribution in [0, 0.1) is 0 Å². The summed E-state index contributed by atoms with van der Waals surface area (Å²) >= 11 is 6.52. The lowest BCUT2D eigenvalue weighted by Gasteiger charge is -2.33. The van der Waals surface area contributed by atoms with Crippen LogP contribution in [0.1, 0.15) is 40.7 Å². The first kappa shape index (κ1) is 27.9. The highest BCUT2D eigenvalue weighted by Crippen LogP contribution is 2.39. The number of carbonyl (C=O) groups excluding carboxylic acids is 2.